The van der Waals surface area contributed by atoms with Crippen molar-refractivity contribution in [3.8, 4) is 0 Å². The Morgan fingerprint density at radius 2 is 1.30 bits per heavy atom. The van der Waals surface area contributed by atoms with E-state index in [-0.39, 0.29) is 6.61 Å². The zero-order valence-electron chi connectivity index (χ0n) is 16.2. The van der Waals surface area contributed by atoms with Gasteiger partial charge in [0.1, 0.15) is 6.10 Å². The Labute approximate surface area is 190 Å². The van der Waals surface area contributed by atoms with Gasteiger partial charge in [0, 0.05) is 23.2 Å². The van der Waals surface area contributed by atoms with Crippen molar-refractivity contribution in [3.63, 3.8) is 0 Å². The SMILES string of the molecule is CO[C@@H]1OC[C@@H](OC(=O)c2ccc(Br)cc2)[C@H](OC(=O)c2ccc(Br)cc2)[C@H]1OC. The molecule has 7 nitrogen and oxygen atoms in total. The van der Waals surface area contributed by atoms with Crippen LogP contribution < -0.4 is 0 Å². The number of esters is 2. The molecule has 3 rings (SSSR count). The molecule has 0 radical (unpaired) electrons. The topological polar surface area (TPSA) is 80.3 Å². The minimum atomic E-state index is -0.927. The Hall–Kier alpha value is -1.78. The van der Waals surface area contributed by atoms with Crippen LogP contribution in [0.15, 0.2) is 57.5 Å². The van der Waals surface area contributed by atoms with Crippen LogP contribution in [0.3, 0.4) is 0 Å². The molecule has 9 heteroatoms. The van der Waals surface area contributed by atoms with E-state index in [1.54, 1.807) is 48.5 Å². The zero-order valence-corrected chi connectivity index (χ0v) is 19.4. The first kappa shape index (κ1) is 22.9. The first-order chi connectivity index (χ1) is 14.4. The minimum absolute atomic E-state index is 0.0150. The third kappa shape index (κ3) is 5.47. The molecule has 0 aliphatic carbocycles. The fourth-order valence-electron chi connectivity index (χ4n) is 3.01. The van der Waals surface area contributed by atoms with Crippen LogP contribution in [0, 0.1) is 0 Å². The van der Waals surface area contributed by atoms with Crippen LogP contribution >= 0.6 is 31.9 Å². The van der Waals surface area contributed by atoms with Gasteiger partial charge in [-0.2, -0.15) is 0 Å². The summed E-state index contributed by atoms with van der Waals surface area (Å²) in [6, 6.07) is 13.5. The van der Waals surface area contributed by atoms with Gasteiger partial charge in [0.25, 0.3) is 0 Å². The Balaban J connectivity index is 1.80. The van der Waals surface area contributed by atoms with Crippen LogP contribution in [0.5, 0.6) is 0 Å². The lowest BCUT2D eigenvalue weighted by Gasteiger charge is -2.39. The molecule has 0 spiro atoms. The molecule has 1 saturated heterocycles. The van der Waals surface area contributed by atoms with E-state index in [4.69, 9.17) is 23.7 Å². The van der Waals surface area contributed by atoms with Gasteiger partial charge in [-0.3, -0.25) is 0 Å². The number of carbonyl (C=O) groups excluding carboxylic acids is 2. The Bertz CT molecular complexity index is 870. The number of rotatable bonds is 6. The maximum absolute atomic E-state index is 12.7. The van der Waals surface area contributed by atoms with Crippen molar-refractivity contribution in [2.24, 2.45) is 0 Å². The van der Waals surface area contributed by atoms with E-state index in [9.17, 15) is 9.59 Å². The Morgan fingerprint density at radius 3 is 1.77 bits per heavy atom. The smallest absolute Gasteiger partial charge is 0.338 e. The number of benzene rings is 2. The van der Waals surface area contributed by atoms with E-state index in [0.29, 0.717) is 11.1 Å². The minimum Gasteiger partial charge on any atom is -0.452 e. The predicted octanol–water partition coefficient (Wildman–Crippen LogP) is 3.98. The lowest BCUT2D eigenvalue weighted by molar-refractivity contribution is -0.267. The number of ether oxygens (including phenoxy) is 5. The van der Waals surface area contributed by atoms with Crippen molar-refractivity contribution in [1.29, 1.82) is 0 Å². The lowest BCUT2D eigenvalue weighted by Crippen LogP contribution is -2.57. The van der Waals surface area contributed by atoms with Crippen molar-refractivity contribution in [3.05, 3.63) is 68.6 Å². The summed E-state index contributed by atoms with van der Waals surface area (Å²) < 4.78 is 29.3. The van der Waals surface area contributed by atoms with E-state index in [1.165, 1.54) is 14.2 Å². The van der Waals surface area contributed by atoms with Crippen LogP contribution in [0.25, 0.3) is 0 Å². The summed E-state index contributed by atoms with van der Waals surface area (Å²) in [5.74, 6) is -1.14. The third-order valence-electron chi connectivity index (χ3n) is 4.55. The monoisotopic (exact) mass is 542 g/mol. The summed E-state index contributed by atoms with van der Waals surface area (Å²) in [7, 11) is 2.90. The summed E-state index contributed by atoms with van der Waals surface area (Å²) in [6.07, 6.45) is -3.37. The second-order valence-electron chi connectivity index (χ2n) is 6.47. The molecule has 1 aliphatic heterocycles. The molecule has 0 N–H and O–H groups in total. The molecule has 30 heavy (non-hydrogen) atoms. The van der Waals surface area contributed by atoms with Crippen LogP contribution in [0.2, 0.25) is 0 Å². The molecular formula is C21H20Br2O7. The number of carbonyl (C=O) groups is 2. The van der Waals surface area contributed by atoms with Gasteiger partial charge in [-0.1, -0.05) is 31.9 Å². The van der Waals surface area contributed by atoms with E-state index in [0.717, 1.165) is 8.95 Å². The lowest BCUT2D eigenvalue weighted by atomic mass is 10.0. The van der Waals surface area contributed by atoms with Crippen LogP contribution in [-0.2, 0) is 23.7 Å². The van der Waals surface area contributed by atoms with E-state index in [2.05, 4.69) is 31.9 Å². The Morgan fingerprint density at radius 1 is 0.800 bits per heavy atom. The molecule has 2 aromatic carbocycles. The molecule has 1 fully saturated rings. The zero-order chi connectivity index (χ0) is 21.7. The quantitative estimate of drug-likeness (QED) is 0.510. The molecule has 0 unspecified atom stereocenters. The molecule has 160 valence electrons. The van der Waals surface area contributed by atoms with Crippen molar-refractivity contribution in [1.82, 2.24) is 0 Å². The molecule has 1 aliphatic rings. The highest BCUT2D eigenvalue weighted by Crippen LogP contribution is 2.26. The summed E-state index contributed by atoms with van der Waals surface area (Å²) in [4.78, 5) is 25.3. The van der Waals surface area contributed by atoms with Crippen molar-refractivity contribution in [2.75, 3.05) is 20.8 Å². The fraction of sp³-hybridized carbons (Fsp3) is 0.333. The molecule has 2 aromatic rings. The van der Waals surface area contributed by atoms with Gasteiger partial charge >= 0.3 is 11.9 Å². The standard InChI is InChI=1S/C21H20Br2O7/c1-26-18-17(30-20(25)13-5-9-15(23)10-6-13)16(11-28-21(18)27-2)29-19(24)12-3-7-14(22)8-4-12/h3-10,16-18,21H,11H2,1-2H3/t16-,17+,18-,21-/m1/s1. The summed E-state index contributed by atoms with van der Waals surface area (Å²) in [5.41, 5.74) is 0.713. The molecule has 0 amide bonds. The molecule has 1 heterocycles. The largest absolute Gasteiger partial charge is 0.452 e. The van der Waals surface area contributed by atoms with Gasteiger partial charge in [-0.25, -0.2) is 9.59 Å². The van der Waals surface area contributed by atoms with Gasteiger partial charge in [-0.15, -0.1) is 0 Å². The van der Waals surface area contributed by atoms with Gasteiger partial charge in [0.15, 0.2) is 18.5 Å². The number of halogens is 2. The molecule has 0 bridgehead atoms. The number of hydrogen-bond acceptors (Lipinski definition) is 7. The first-order valence-electron chi connectivity index (χ1n) is 9.03. The maximum atomic E-state index is 12.7. The van der Waals surface area contributed by atoms with E-state index < -0.39 is 36.5 Å². The first-order valence-corrected chi connectivity index (χ1v) is 10.6. The predicted molar refractivity (Wildman–Crippen MR) is 114 cm³/mol. The van der Waals surface area contributed by atoms with Crippen LogP contribution in [0.1, 0.15) is 20.7 Å². The number of hydrogen-bond donors (Lipinski definition) is 0. The molecule has 0 saturated carbocycles. The van der Waals surface area contributed by atoms with Crippen molar-refractivity contribution in [2.45, 2.75) is 24.6 Å². The van der Waals surface area contributed by atoms with Crippen molar-refractivity contribution < 1.29 is 33.3 Å². The highest BCUT2D eigenvalue weighted by Gasteiger charge is 2.46. The highest BCUT2D eigenvalue weighted by atomic mass is 79.9. The summed E-state index contributed by atoms with van der Waals surface area (Å²) in [6.45, 7) is -0.0150. The van der Waals surface area contributed by atoms with Gasteiger partial charge in [0.2, 0.25) is 0 Å². The highest BCUT2D eigenvalue weighted by molar-refractivity contribution is 9.10. The van der Waals surface area contributed by atoms with Crippen molar-refractivity contribution >= 4 is 43.8 Å². The van der Waals surface area contributed by atoms with Gasteiger partial charge < -0.3 is 23.7 Å². The van der Waals surface area contributed by atoms with Gasteiger partial charge in [-0.05, 0) is 48.5 Å². The molecular weight excluding hydrogens is 524 g/mol. The molecule has 4 atom stereocenters. The maximum Gasteiger partial charge on any atom is 0.338 e. The third-order valence-corrected chi connectivity index (χ3v) is 5.61. The second kappa shape index (κ2) is 10.5. The van der Waals surface area contributed by atoms with E-state index in [1.807, 2.05) is 0 Å². The Kier molecular flexibility index (Phi) is 8.01. The summed E-state index contributed by atoms with van der Waals surface area (Å²) in [5, 5.41) is 0. The summed E-state index contributed by atoms with van der Waals surface area (Å²) >= 11 is 6.65. The second-order valence-corrected chi connectivity index (χ2v) is 8.30. The van der Waals surface area contributed by atoms with E-state index >= 15 is 0 Å². The van der Waals surface area contributed by atoms with Crippen LogP contribution in [-0.4, -0.2) is 57.4 Å². The van der Waals surface area contributed by atoms with Crippen LogP contribution in [0.4, 0.5) is 0 Å². The number of methoxy groups -OCH3 is 2. The average molecular weight is 544 g/mol. The van der Waals surface area contributed by atoms with Gasteiger partial charge in [0.05, 0.1) is 17.7 Å². The average Bonchev–Trinajstić information content (AvgIpc) is 2.75. The fourth-order valence-corrected chi connectivity index (χ4v) is 3.53. The normalized spacial score (nSPS) is 23.6. The molecule has 0 aromatic heterocycles.